The van der Waals surface area contributed by atoms with Crippen LogP contribution in [0.3, 0.4) is 0 Å². The summed E-state index contributed by atoms with van der Waals surface area (Å²) in [5.74, 6) is -0.403. The van der Waals surface area contributed by atoms with Crippen LogP contribution in [0.1, 0.15) is 5.56 Å². The van der Waals surface area contributed by atoms with E-state index in [1.807, 2.05) is 0 Å². The predicted octanol–water partition coefficient (Wildman–Crippen LogP) is -0.104. The van der Waals surface area contributed by atoms with Crippen molar-refractivity contribution in [1.29, 1.82) is 0 Å². The van der Waals surface area contributed by atoms with Crippen molar-refractivity contribution in [3.8, 4) is 0 Å². The van der Waals surface area contributed by atoms with Gasteiger partial charge in [0, 0.05) is 5.69 Å². The molecule has 4 amide bonds. The first-order valence-electron chi connectivity index (χ1n) is 6.21. The van der Waals surface area contributed by atoms with E-state index in [-0.39, 0.29) is 37.5 Å². The Balaban J connectivity index is 2.04. The number of hydrogen-bond donors (Lipinski definition) is 3. The van der Waals surface area contributed by atoms with Crippen LogP contribution in [0.25, 0.3) is 0 Å². The van der Waals surface area contributed by atoms with Crippen molar-refractivity contribution >= 4 is 23.5 Å². The molecule has 0 atom stereocenters. The van der Waals surface area contributed by atoms with Gasteiger partial charge in [-0.15, -0.1) is 0 Å². The maximum absolute atomic E-state index is 11.5. The van der Waals surface area contributed by atoms with E-state index < -0.39 is 0 Å². The minimum atomic E-state index is -0.389. The smallest absolute Gasteiger partial charge is 0.324 e. The van der Waals surface area contributed by atoms with Gasteiger partial charge in [-0.05, 0) is 24.7 Å². The fraction of sp³-hybridized carbons (Fsp3) is 0.308. The van der Waals surface area contributed by atoms with Gasteiger partial charge < -0.3 is 16.0 Å². The Morgan fingerprint density at radius 2 is 2.20 bits per heavy atom. The number of imide groups is 1. The van der Waals surface area contributed by atoms with Crippen LogP contribution in [0, 0.1) is 0 Å². The number of benzene rings is 1. The lowest BCUT2D eigenvalue weighted by molar-refractivity contribution is -0.125. The quantitative estimate of drug-likeness (QED) is 0.655. The van der Waals surface area contributed by atoms with E-state index in [9.17, 15) is 14.4 Å². The van der Waals surface area contributed by atoms with E-state index in [0.717, 1.165) is 10.5 Å². The summed E-state index contributed by atoms with van der Waals surface area (Å²) in [6.45, 7) is 0.453. The average Bonchev–Trinajstić information content (AvgIpc) is 2.71. The van der Waals surface area contributed by atoms with Gasteiger partial charge in [-0.2, -0.15) is 0 Å². The molecule has 0 aliphatic carbocycles. The molecular formula is C13H16N4O3. The van der Waals surface area contributed by atoms with Crippen LogP contribution < -0.4 is 16.0 Å². The summed E-state index contributed by atoms with van der Waals surface area (Å²) in [6, 6.07) is 6.67. The van der Waals surface area contributed by atoms with Gasteiger partial charge in [-0.1, -0.05) is 12.1 Å². The van der Waals surface area contributed by atoms with Crippen molar-refractivity contribution in [1.82, 2.24) is 15.5 Å². The standard InChI is InChI=1S/C13H16N4O3/c1-14-6-11(18)16-10-4-2-3-9(5-10)8-17-12(19)7-15-13(17)20/h2-5,14H,6-8H2,1H3,(H,15,20)(H,16,18). The Bertz CT molecular complexity index is 528. The summed E-state index contributed by atoms with van der Waals surface area (Å²) < 4.78 is 0. The molecule has 1 aliphatic rings. The van der Waals surface area contributed by atoms with E-state index in [4.69, 9.17) is 0 Å². The zero-order valence-electron chi connectivity index (χ0n) is 11.1. The lowest BCUT2D eigenvalue weighted by atomic mass is 10.2. The van der Waals surface area contributed by atoms with E-state index in [0.29, 0.717) is 5.69 Å². The highest BCUT2D eigenvalue weighted by atomic mass is 16.2. The van der Waals surface area contributed by atoms with Crippen molar-refractivity contribution < 1.29 is 14.4 Å². The van der Waals surface area contributed by atoms with E-state index in [2.05, 4.69) is 16.0 Å². The third-order valence-corrected chi connectivity index (χ3v) is 2.83. The summed E-state index contributed by atoms with van der Waals surface area (Å²) in [4.78, 5) is 35.6. The second kappa shape index (κ2) is 6.16. The fourth-order valence-corrected chi connectivity index (χ4v) is 1.91. The van der Waals surface area contributed by atoms with Gasteiger partial charge in [0.1, 0.15) is 0 Å². The molecule has 1 aromatic rings. The van der Waals surface area contributed by atoms with Gasteiger partial charge in [0.05, 0.1) is 19.6 Å². The number of rotatable bonds is 5. The Labute approximate surface area is 116 Å². The molecule has 1 saturated heterocycles. The van der Waals surface area contributed by atoms with Crippen molar-refractivity contribution in [3.05, 3.63) is 29.8 Å². The number of likely N-dealkylation sites (N-methyl/N-ethyl adjacent to an activating group) is 1. The molecule has 0 radical (unpaired) electrons. The number of urea groups is 1. The summed E-state index contributed by atoms with van der Waals surface area (Å²) in [5, 5.41) is 7.94. The van der Waals surface area contributed by atoms with Gasteiger partial charge in [-0.3, -0.25) is 14.5 Å². The predicted molar refractivity (Wildman–Crippen MR) is 72.9 cm³/mol. The van der Waals surface area contributed by atoms with Crippen LogP contribution >= 0.6 is 0 Å². The molecule has 7 heteroatoms. The first-order chi connectivity index (χ1) is 9.60. The van der Waals surface area contributed by atoms with Crippen molar-refractivity contribution in [2.75, 3.05) is 25.5 Å². The van der Waals surface area contributed by atoms with Crippen LogP contribution in [-0.4, -0.2) is 42.9 Å². The highest BCUT2D eigenvalue weighted by Gasteiger charge is 2.28. The maximum Gasteiger partial charge on any atom is 0.324 e. The van der Waals surface area contributed by atoms with Gasteiger partial charge in [-0.25, -0.2) is 4.79 Å². The lowest BCUT2D eigenvalue weighted by Gasteiger charge is -2.13. The Kier molecular flexibility index (Phi) is 4.31. The number of hydrogen-bond acceptors (Lipinski definition) is 4. The third kappa shape index (κ3) is 3.33. The van der Waals surface area contributed by atoms with Crippen LogP contribution in [0.2, 0.25) is 0 Å². The molecule has 0 saturated carbocycles. The molecule has 2 rings (SSSR count). The number of nitrogens with zero attached hydrogens (tertiary/aromatic N) is 1. The summed E-state index contributed by atoms with van der Waals surface area (Å²) >= 11 is 0. The Morgan fingerprint density at radius 3 is 2.85 bits per heavy atom. The van der Waals surface area contributed by atoms with Gasteiger partial charge in [0.25, 0.3) is 0 Å². The molecule has 0 unspecified atom stereocenters. The fourth-order valence-electron chi connectivity index (χ4n) is 1.91. The molecule has 1 aromatic carbocycles. The van der Waals surface area contributed by atoms with E-state index in [1.165, 1.54) is 0 Å². The SMILES string of the molecule is CNCC(=O)Nc1cccc(CN2C(=O)CNC2=O)c1. The number of anilines is 1. The second-order valence-corrected chi connectivity index (χ2v) is 4.42. The average molecular weight is 276 g/mol. The van der Waals surface area contributed by atoms with Crippen LogP contribution in [0.15, 0.2) is 24.3 Å². The maximum atomic E-state index is 11.5. The van der Waals surface area contributed by atoms with Crippen molar-refractivity contribution in [3.63, 3.8) is 0 Å². The number of carbonyl (C=O) groups excluding carboxylic acids is 3. The molecule has 1 heterocycles. The summed E-state index contributed by atoms with van der Waals surface area (Å²) in [6.07, 6.45) is 0. The molecule has 3 N–H and O–H groups in total. The first kappa shape index (κ1) is 14.0. The summed E-state index contributed by atoms with van der Waals surface area (Å²) in [5.41, 5.74) is 1.41. The highest BCUT2D eigenvalue weighted by Crippen LogP contribution is 2.14. The van der Waals surface area contributed by atoms with E-state index in [1.54, 1.807) is 31.3 Å². The van der Waals surface area contributed by atoms with Gasteiger partial charge in [0.15, 0.2) is 0 Å². The minimum Gasteiger partial charge on any atom is -0.329 e. The molecule has 0 spiro atoms. The van der Waals surface area contributed by atoms with Gasteiger partial charge >= 0.3 is 6.03 Å². The Morgan fingerprint density at radius 1 is 1.40 bits per heavy atom. The monoisotopic (exact) mass is 276 g/mol. The molecule has 1 fully saturated rings. The molecule has 20 heavy (non-hydrogen) atoms. The van der Waals surface area contributed by atoms with Crippen molar-refractivity contribution in [2.24, 2.45) is 0 Å². The minimum absolute atomic E-state index is 0.0391. The molecule has 0 bridgehead atoms. The van der Waals surface area contributed by atoms with Crippen molar-refractivity contribution in [2.45, 2.75) is 6.54 Å². The third-order valence-electron chi connectivity index (χ3n) is 2.83. The van der Waals surface area contributed by atoms with Gasteiger partial charge in [0.2, 0.25) is 11.8 Å². The summed E-state index contributed by atoms with van der Waals surface area (Å²) in [7, 11) is 1.69. The first-order valence-corrected chi connectivity index (χ1v) is 6.21. The lowest BCUT2D eigenvalue weighted by Crippen LogP contribution is -2.30. The number of carbonyl (C=O) groups is 3. The number of nitrogens with one attached hydrogen (secondary N) is 3. The molecule has 0 aromatic heterocycles. The molecule has 7 nitrogen and oxygen atoms in total. The number of amides is 4. The van der Waals surface area contributed by atoms with Crippen LogP contribution in [-0.2, 0) is 16.1 Å². The second-order valence-electron chi connectivity index (χ2n) is 4.42. The largest absolute Gasteiger partial charge is 0.329 e. The highest BCUT2D eigenvalue weighted by molar-refractivity contribution is 6.01. The molecular weight excluding hydrogens is 260 g/mol. The normalized spacial score (nSPS) is 14.3. The zero-order valence-corrected chi connectivity index (χ0v) is 11.1. The Hall–Kier alpha value is -2.41. The molecule has 1 aliphatic heterocycles. The van der Waals surface area contributed by atoms with Crippen LogP contribution in [0.5, 0.6) is 0 Å². The molecule has 106 valence electrons. The topological polar surface area (TPSA) is 90.5 Å². The van der Waals surface area contributed by atoms with E-state index >= 15 is 0 Å². The zero-order chi connectivity index (χ0) is 14.5. The van der Waals surface area contributed by atoms with Crippen LogP contribution in [0.4, 0.5) is 10.5 Å².